The molecule has 0 aliphatic carbocycles. The van der Waals surface area contributed by atoms with E-state index in [0.29, 0.717) is 6.54 Å². The second kappa shape index (κ2) is 6.02. The lowest BCUT2D eigenvalue weighted by molar-refractivity contribution is 0.916. The third-order valence-corrected chi connectivity index (χ3v) is 4.68. The van der Waals surface area contributed by atoms with E-state index >= 15 is 0 Å². The van der Waals surface area contributed by atoms with Crippen molar-refractivity contribution in [1.29, 1.82) is 0 Å². The first-order valence-corrected chi connectivity index (χ1v) is 7.90. The number of fused-ring (bicyclic) bond motifs is 1. The van der Waals surface area contributed by atoms with Gasteiger partial charge in [-0.25, -0.2) is 4.98 Å². The van der Waals surface area contributed by atoms with Gasteiger partial charge in [0, 0.05) is 30.1 Å². The van der Waals surface area contributed by atoms with Crippen molar-refractivity contribution in [3.8, 4) is 0 Å². The molecule has 0 radical (unpaired) electrons. The van der Waals surface area contributed by atoms with Crippen molar-refractivity contribution < 1.29 is 0 Å². The number of benzene rings is 1. The third kappa shape index (κ3) is 2.88. The van der Waals surface area contributed by atoms with Gasteiger partial charge in [0.2, 0.25) is 0 Å². The molecule has 0 bridgehead atoms. The number of thiophene rings is 1. The average molecular weight is 318 g/mol. The van der Waals surface area contributed by atoms with Crippen LogP contribution in [0.2, 0.25) is 4.34 Å². The Morgan fingerprint density at radius 1 is 1.19 bits per heavy atom. The van der Waals surface area contributed by atoms with Crippen LogP contribution in [-0.4, -0.2) is 12.0 Å². The van der Waals surface area contributed by atoms with E-state index in [-0.39, 0.29) is 0 Å². The van der Waals surface area contributed by atoms with E-state index in [2.05, 4.69) is 28.1 Å². The van der Waals surface area contributed by atoms with Crippen LogP contribution in [0, 0.1) is 0 Å². The van der Waals surface area contributed by atoms with Gasteiger partial charge in [-0.3, -0.25) is 0 Å². The molecule has 0 unspecified atom stereocenters. The van der Waals surface area contributed by atoms with Crippen molar-refractivity contribution in [2.24, 2.45) is 5.73 Å². The molecule has 0 aliphatic heterocycles. The van der Waals surface area contributed by atoms with Crippen LogP contribution in [0.25, 0.3) is 10.8 Å². The van der Waals surface area contributed by atoms with Crippen LogP contribution in [-0.2, 0) is 13.1 Å². The fourth-order valence-electron chi connectivity index (χ4n) is 2.45. The number of nitrogens with zero attached hydrogens (tertiary/aromatic N) is 2. The summed E-state index contributed by atoms with van der Waals surface area (Å²) in [6.07, 6.45) is 1.87. The molecule has 0 fully saturated rings. The maximum absolute atomic E-state index is 5.99. The molecule has 3 aromatic rings. The van der Waals surface area contributed by atoms with Gasteiger partial charge in [-0.2, -0.15) is 0 Å². The van der Waals surface area contributed by atoms with E-state index < -0.39 is 0 Å². The molecule has 0 aliphatic rings. The van der Waals surface area contributed by atoms with Crippen LogP contribution in [0.4, 0.5) is 5.82 Å². The molecule has 2 heterocycles. The first kappa shape index (κ1) is 14.3. The number of nitrogens with two attached hydrogens (primary N) is 1. The maximum Gasteiger partial charge on any atom is 0.136 e. The fraction of sp³-hybridized carbons (Fsp3) is 0.188. The van der Waals surface area contributed by atoms with Gasteiger partial charge >= 0.3 is 0 Å². The summed E-state index contributed by atoms with van der Waals surface area (Å²) >= 11 is 7.59. The molecule has 5 heteroatoms. The highest BCUT2D eigenvalue weighted by atomic mass is 35.5. The van der Waals surface area contributed by atoms with E-state index in [9.17, 15) is 0 Å². The number of pyridine rings is 1. The summed E-state index contributed by atoms with van der Waals surface area (Å²) < 4.78 is 0.815. The predicted molar refractivity (Wildman–Crippen MR) is 91.1 cm³/mol. The summed E-state index contributed by atoms with van der Waals surface area (Å²) in [6, 6.07) is 12.2. The minimum atomic E-state index is 0.498. The smallest absolute Gasteiger partial charge is 0.136 e. The molecular formula is C16H16ClN3S. The van der Waals surface area contributed by atoms with Crippen molar-refractivity contribution in [1.82, 2.24) is 4.98 Å². The van der Waals surface area contributed by atoms with Crippen molar-refractivity contribution in [2.45, 2.75) is 13.1 Å². The maximum atomic E-state index is 5.99. The van der Waals surface area contributed by atoms with Crippen molar-refractivity contribution in [3.05, 3.63) is 57.4 Å². The van der Waals surface area contributed by atoms with Gasteiger partial charge in [0.25, 0.3) is 0 Å². The summed E-state index contributed by atoms with van der Waals surface area (Å²) in [4.78, 5) is 7.96. The van der Waals surface area contributed by atoms with Gasteiger partial charge in [-0.05, 0) is 23.1 Å². The van der Waals surface area contributed by atoms with E-state index in [1.807, 2.05) is 31.4 Å². The molecular weight excluding hydrogens is 302 g/mol. The zero-order valence-electron chi connectivity index (χ0n) is 11.7. The van der Waals surface area contributed by atoms with E-state index in [1.54, 1.807) is 11.3 Å². The minimum Gasteiger partial charge on any atom is -0.354 e. The van der Waals surface area contributed by atoms with E-state index in [1.165, 1.54) is 10.3 Å². The lowest BCUT2D eigenvalue weighted by Crippen LogP contribution is -2.17. The molecule has 1 aromatic carbocycles. The quantitative estimate of drug-likeness (QED) is 0.789. The highest BCUT2D eigenvalue weighted by molar-refractivity contribution is 7.16. The predicted octanol–water partition coefficient (Wildman–Crippen LogP) is 4.04. The van der Waals surface area contributed by atoms with E-state index in [4.69, 9.17) is 17.3 Å². The van der Waals surface area contributed by atoms with Crippen LogP contribution in [0.3, 0.4) is 0 Å². The zero-order chi connectivity index (χ0) is 14.8. The van der Waals surface area contributed by atoms with Gasteiger partial charge in [0.15, 0.2) is 0 Å². The Balaban J connectivity index is 2.00. The van der Waals surface area contributed by atoms with Gasteiger partial charge in [0.1, 0.15) is 5.82 Å². The van der Waals surface area contributed by atoms with Gasteiger partial charge in [-0.15, -0.1) is 11.3 Å². The van der Waals surface area contributed by atoms with Crippen molar-refractivity contribution in [3.63, 3.8) is 0 Å². The molecule has 21 heavy (non-hydrogen) atoms. The summed E-state index contributed by atoms with van der Waals surface area (Å²) in [5.41, 5.74) is 6.87. The number of hydrogen-bond acceptors (Lipinski definition) is 4. The normalized spacial score (nSPS) is 11.0. The van der Waals surface area contributed by atoms with Crippen LogP contribution < -0.4 is 10.6 Å². The van der Waals surface area contributed by atoms with Crippen molar-refractivity contribution in [2.75, 3.05) is 11.9 Å². The summed E-state index contributed by atoms with van der Waals surface area (Å²) in [5, 5.41) is 2.30. The molecule has 3 nitrogen and oxygen atoms in total. The van der Waals surface area contributed by atoms with Gasteiger partial charge in [-0.1, -0.05) is 35.9 Å². The second-order valence-electron chi connectivity index (χ2n) is 4.92. The van der Waals surface area contributed by atoms with Crippen LogP contribution in [0.5, 0.6) is 0 Å². The lowest BCUT2D eigenvalue weighted by Gasteiger charge is -2.20. The molecule has 3 rings (SSSR count). The molecule has 2 N–H and O–H groups in total. The Bertz CT molecular complexity index is 769. The number of anilines is 1. The standard InChI is InChI=1S/C16H16ClN3S/c1-20(10-12-6-7-15(17)21-12)16-14-5-3-2-4-13(14)11(8-18)9-19-16/h2-7,9H,8,10,18H2,1H3. The first-order chi connectivity index (χ1) is 10.2. The lowest BCUT2D eigenvalue weighted by atomic mass is 10.1. The Labute approximate surface area is 133 Å². The largest absolute Gasteiger partial charge is 0.354 e. The van der Waals surface area contributed by atoms with E-state index in [0.717, 1.165) is 27.6 Å². The molecule has 0 amide bonds. The zero-order valence-corrected chi connectivity index (χ0v) is 13.3. The SMILES string of the molecule is CN(Cc1ccc(Cl)s1)c1ncc(CN)c2ccccc12. The molecule has 0 spiro atoms. The topological polar surface area (TPSA) is 42.2 Å². The highest BCUT2D eigenvalue weighted by Crippen LogP contribution is 2.29. The minimum absolute atomic E-state index is 0.498. The van der Waals surface area contributed by atoms with Crippen LogP contribution in [0.1, 0.15) is 10.4 Å². The van der Waals surface area contributed by atoms with Crippen LogP contribution >= 0.6 is 22.9 Å². The molecule has 108 valence electrons. The number of halogens is 1. The fourth-order valence-corrected chi connectivity index (χ4v) is 3.59. The second-order valence-corrected chi connectivity index (χ2v) is 6.72. The van der Waals surface area contributed by atoms with Gasteiger partial charge in [0.05, 0.1) is 10.9 Å². The number of aromatic nitrogens is 1. The Kier molecular flexibility index (Phi) is 4.10. The molecule has 0 atom stereocenters. The average Bonchev–Trinajstić information content (AvgIpc) is 2.91. The Hall–Kier alpha value is -1.62. The Morgan fingerprint density at radius 3 is 2.62 bits per heavy atom. The van der Waals surface area contributed by atoms with Crippen molar-refractivity contribution >= 4 is 39.5 Å². The summed E-state index contributed by atoms with van der Waals surface area (Å²) in [6.45, 7) is 1.29. The summed E-state index contributed by atoms with van der Waals surface area (Å²) in [7, 11) is 2.05. The number of rotatable bonds is 4. The van der Waals surface area contributed by atoms with Gasteiger partial charge < -0.3 is 10.6 Å². The molecule has 2 aromatic heterocycles. The van der Waals surface area contributed by atoms with Crippen LogP contribution in [0.15, 0.2) is 42.6 Å². The number of hydrogen-bond donors (Lipinski definition) is 1. The monoisotopic (exact) mass is 317 g/mol. The highest BCUT2D eigenvalue weighted by Gasteiger charge is 2.11. The summed E-state index contributed by atoms with van der Waals surface area (Å²) in [5.74, 6) is 0.965. The first-order valence-electron chi connectivity index (χ1n) is 6.71. The molecule has 0 saturated heterocycles. The third-order valence-electron chi connectivity index (χ3n) is 3.46. The Morgan fingerprint density at radius 2 is 1.95 bits per heavy atom. The molecule has 0 saturated carbocycles.